The predicted molar refractivity (Wildman–Crippen MR) is 66.2 cm³/mol. The summed E-state index contributed by atoms with van der Waals surface area (Å²) in [4.78, 5) is 8.37. The van der Waals surface area contributed by atoms with Crippen molar-refractivity contribution < 1.29 is 4.42 Å². The van der Waals surface area contributed by atoms with Gasteiger partial charge in [-0.25, -0.2) is 0 Å². The van der Waals surface area contributed by atoms with Crippen LogP contribution in [0.2, 0.25) is 0 Å². The van der Waals surface area contributed by atoms with Gasteiger partial charge in [0, 0.05) is 12.4 Å². The Balaban J connectivity index is 0.000000181. The lowest BCUT2D eigenvalue weighted by molar-refractivity contribution is 0.567. The first-order chi connectivity index (χ1) is 8.47. The van der Waals surface area contributed by atoms with E-state index in [2.05, 4.69) is 14.4 Å². The molecule has 0 atom stereocenters. The molecule has 0 unspecified atom stereocenters. The molecule has 0 spiro atoms. The normalized spacial score (nSPS) is 9.18. The molecule has 0 saturated heterocycles. The van der Waals surface area contributed by atoms with E-state index in [1.165, 1.54) is 0 Å². The molecule has 0 aliphatic heterocycles. The zero-order valence-corrected chi connectivity index (χ0v) is 9.23. The summed E-state index contributed by atoms with van der Waals surface area (Å²) in [6.07, 6.45) is 6.79. The Kier molecular flexibility index (Phi) is 4.06. The highest BCUT2D eigenvalue weighted by Crippen LogP contribution is 2.10. The van der Waals surface area contributed by atoms with Gasteiger partial charge in [-0.2, -0.15) is 0 Å². The molecule has 0 aliphatic carbocycles. The number of hydrogen-bond acceptors (Lipinski definition) is 3. The van der Waals surface area contributed by atoms with E-state index < -0.39 is 0 Å². The third-order valence-corrected chi connectivity index (χ3v) is 2.02. The minimum absolute atomic E-state index is 0.915. The van der Waals surface area contributed by atoms with Crippen LogP contribution in [0.1, 0.15) is 0 Å². The summed E-state index contributed by atoms with van der Waals surface area (Å²) in [5, 5.41) is 0. The largest absolute Gasteiger partial charge is 0.473 e. The summed E-state index contributed by atoms with van der Waals surface area (Å²) in [7, 11) is 0. The molecular weight excluding hydrogens is 212 g/mol. The van der Waals surface area contributed by atoms with E-state index in [9.17, 15) is 0 Å². The lowest BCUT2D eigenvalue weighted by Gasteiger charge is -1.96. The molecule has 3 aromatic rings. The summed E-state index contributed by atoms with van der Waals surface area (Å²) in [5.41, 5.74) is 1.83. The first-order valence-corrected chi connectivity index (χ1v) is 5.26. The van der Waals surface area contributed by atoms with Gasteiger partial charge in [0.1, 0.15) is 0 Å². The summed E-state index contributed by atoms with van der Waals surface area (Å²) >= 11 is 0. The van der Waals surface area contributed by atoms with Crippen LogP contribution in [0.3, 0.4) is 0 Å². The lowest BCUT2D eigenvalue weighted by atomic mass is 10.2. The Morgan fingerprint density at radius 3 is 1.47 bits per heavy atom. The molecule has 3 nitrogen and oxygen atoms in total. The van der Waals surface area contributed by atoms with Gasteiger partial charge in [-0.15, -0.1) is 0 Å². The van der Waals surface area contributed by atoms with Gasteiger partial charge < -0.3 is 4.42 Å². The van der Waals surface area contributed by atoms with Crippen LogP contribution < -0.4 is 0 Å². The molecule has 3 heteroatoms. The first-order valence-electron chi connectivity index (χ1n) is 5.26. The maximum atomic E-state index is 4.58. The van der Waals surface area contributed by atoms with Gasteiger partial charge in [0.25, 0.3) is 0 Å². The van der Waals surface area contributed by atoms with Crippen molar-refractivity contribution in [2.24, 2.45) is 0 Å². The Morgan fingerprint density at radius 1 is 0.647 bits per heavy atom. The second-order valence-corrected chi connectivity index (χ2v) is 3.22. The van der Waals surface area contributed by atoms with Crippen LogP contribution in [0.25, 0.3) is 11.4 Å². The SMILES string of the molecule is c1ccc(-c2ccccn2)nc1.c1ccoc1. The standard InChI is InChI=1S/C10H8N2.C4H4O/c1-3-7-11-9(5-1)10-6-2-4-8-12-10;1-2-4-5-3-1/h1-8H;1-4H. The topological polar surface area (TPSA) is 38.9 Å². The van der Waals surface area contributed by atoms with Gasteiger partial charge in [0.15, 0.2) is 0 Å². The van der Waals surface area contributed by atoms with Crippen molar-refractivity contribution in [1.82, 2.24) is 9.97 Å². The average molecular weight is 224 g/mol. The quantitative estimate of drug-likeness (QED) is 0.635. The molecule has 84 valence electrons. The molecule has 0 aliphatic rings. The Labute approximate surface area is 99.8 Å². The highest BCUT2D eigenvalue weighted by atomic mass is 16.3. The van der Waals surface area contributed by atoms with Gasteiger partial charge in [0.05, 0.1) is 23.9 Å². The molecule has 3 rings (SSSR count). The second-order valence-electron chi connectivity index (χ2n) is 3.22. The molecule has 0 fully saturated rings. The third kappa shape index (κ3) is 3.57. The van der Waals surface area contributed by atoms with Crippen LogP contribution in [-0.2, 0) is 0 Å². The van der Waals surface area contributed by atoms with Crippen molar-refractivity contribution in [3.05, 3.63) is 73.5 Å². The van der Waals surface area contributed by atoms with Crippen molar-refractivity contribution in [3.8, 4) is 11.4 Å². The van der Waals surface area contributed by atoms with E-state index in [4.69, 9.17) is 0 Å². The minimum Gasteiger partial charge on any atom is -0.473 e. The molecule has 0 bridgehead atoms. The summed E-state index contributed by atoms with van der Waals surface area (Å²) in [5.74, 6) is 0. The Hall–Kier alpha value is -2.42. The van der Waals surface area contributed by atoms with Gasteiger partial charge >= 0.3 is 0 Å². The van der Waals surface area contributed by atoms with E-state index >= 15 is 0 Å². The fourth-order valence-electron chi connectivity index (χ4n) is 1.26. The van der Waals surface area contributed by atoms with Gasteiger partial charge in [-0.3, -0.25) is 9.97 Å². The minimum atomic E-state index is 0.915. The average Bonchev–Trinajstić information content (AvgIpc) is 3.00. The number of rotatable bonds is 1. The van der Waals surface area contributed by atoms with Crippen molar-refractivity contribution in [2.45, 2.75) is 0 Å². The van der Waals surface area contributed by atoms with Crippen LogP contribution in [0.5, 0.6) is 0 Å². The van der Waals surface area contributed by atoms with Crippen LogP contribution >= 0.6 is 0 Å². The molecule has 0 saturated carbocycles. The van der Waals surface area contributed by atoms with Crippen molar-refractivity contribution in [3.63, 3.8) is 0 Å². The fourth-order valence-corrected chi connectivity index (χ4v) is 1.26. The smallest absolute Gasteiger partial charge is 0.0902 e. The zero-order chi connectivity index (χ0) is 11.8. The summed E-state index contributed by atoms with van der Waals surface area (Å²) < 4.78 is 4.58. The number of hydrogen-bond donors (Lipinski definition) is 0. The molecular formula is C14H12N2O. The fraction of sp³-hybridized carbons (Fsp3) is 0. The van der Waals surface area contributed by atoms with Crippen molar-refractivity contribution >= 4 is 0 Å². The van der Waals surface area contributed by atoms with Crippen LogP contribution in [0.15, 0.2) is 77.9 Å². The molecule has 0 N–H and O–H groups in total. The predicted octanol–water partition coefficient (Wildman–Crippen LogP) is 3.42. The van der Waals surface area contributed by atoms with Crippen LogP contribution in [0.4, 0.5) is 0 Å². The van der Waals surface area contributed by atoms with E-state index in [1.807, 2.05) is 48.5 Å². The Bertz CT molecular complexity index is 452. The van der Waals surface area contributed by atoms with Crippen LogP contribution in [-0.4, -0.2) is 9.97 Å². The van der Waals surface area contributed by atoms with E-state index in [0.717, 1.165) is 11.4 Å². The lowest BCUT2D eigenvalue weighted by Crippen LogP contribution is -1.83. The van der Waals surface area contributed by atoms with Gasteiger partial charge in [-0.05, 0) is 36.4 Å². The third-order valence-electron chi connectivity index (χ3n) is 2.02. The summed E-state index contributed by atoms with van der Waals surface area (Å²) in [6.45, 7) is 0. The Morgan fingerprint density at radius 2 is 1.18 bits per heavy atom. The molecule has 0 aromatic carbocycles. The van der Waals surface area contributed by atoms with Crippen molar-refractivity contribution in [2.75, 3.05) is 0 Å². The van der Waals surface area contributed by atoms with Gasteiger partial charge in [0.2, 0.25) is 0 Å². The van der Waals surface area contributed by atoms with Crippen LogP contribution in [0, 0.1) is 0 Å². The van der Waals surface area contributed by atoms with Crippen molar-refractivity contribution in [1.29, 1.82) is 0 Å². The molecule has 0 radical (unpaired) electrons. The number of nitrogens with zero attached hydrogens (tertiary/aromatic N) is 2. The van der Waals surface area contributed by atoms with Gasteiger partial charge in [-0.1, -0.05) is 12.1 Å². The number of pyridine rings is 2. The first kappa shape index (κ1) is 11.1. The van der Waals surface area contributed by atoms with E-state index in [1.54, 1.807) is 24.9 Å². The monoisotopic (exact) mass is 224 g/mol. The highest BCUT2D eigenvalue weighted by Gasteiger charge is 1.95. The molecule has 0 amide bonds. The zero-order valence-electron chi connectivity index (χ0n) is 9.23. The molecule has 3 heterocycles. The second kappa shape index (κ2) is 6.23. The highest BCUT2D eigenvalue weighted by molar-refractivity contribution is 5.52. The summed E-state index contributed by atoms with van der Waals surface area (Å²) in [6, 6.07) is 15.3. The maximum Gasteiger partial charge on any atom is 0.0902 e. The van der Waals surface area contributed by atoms with E-state index in [-0.39, 0.29) is 0 Å². The molecule has 17 heavy (non-hydrogen) atoms. The maximum absolute atomic E-state index is 4.58. The number of furan rings is 1. The number of aromatic nitrogens is 2. The molecule has 3 aromatic heterocycles. The van der Waals surface area contributed by atoms with E-state index in [0.29, 0.717) is 0 Å².